The first-order valence-corrected chi connectivity index (χ1v) is 20.5. The quantitative estimate of drug-likeness (QED) is 0.0210. The fourth-order valence-corrected chi connectivity index (χ4v) is 5.49. The average Bonchev–Trinajstić information content (AvgIpc) is 3.11. The maximum Gasteiger partial charge on any atom is 0.306 e. The van der Waals surface area contributed by atoms with E-state index in [0.717, 1.165) is 96.3 Å². The normalized spacial score (nSPS) is 13.8. The van der Waals surface area contributed by atoms with Crippen molar-refractivity contribution in [3.63, 3.8) is 0 Å². The van der Waals surface area contributed by atoms with E-state index in [9.17, 15) is 19.5 Å². The third-order valence-electron chi connectivity index (χ3n) is 8.65. The average molecular weight is 742 g/mol. The number of hydrogen-bond donors (Lipinski definition) is 0. The lowest BCUT2D eigenvalue weighted by Gasteiger charge is -2.34. The molecule has 2 unspecified atom stereocenters. The Morgan fingerprint density at radius 1 is 0.585 bits per heavy atom. The Hall–Kier alpha value is -3.23. The van der Waals surface area contributed by atoms with Gasteiger partial charge >= 0.3 is 11.9 Å². The molecule has 0 aromatic rings. The summed E-state index contributed by atoms with van der Waals surface area (Å²) in [6.07, 6.45) is 43.5. The molecule has 53 heavy (non-hydrogen) atoms. The molecule has 0 spiro atoms. The summed E-state index contributed by atoms with van der Waals surface area (Å²) in [5, 5.41) is 11.6. The van der Waals surface area contributed by atoms with Crippen LogP contribution in [0.1, 0.15) is 142 Å². The number of unbranched alkanes of at least 4 members (excludes halogenated alkanes) is 11. The topological polar surface area (TPSA) is 102 Å². The van der Waals surface area contributed by atoms with Crippen LogP contribution in [-0.4, -0.2) is 75.5 Å². The Kier molecular flexibility index (Phi) is 33.6. The lowest BCUT2D eigenvalue weighted by molar-refractivity contribution is -0.889. The number of carboxylic acid groups (broad SMARTS) is 1. The molecule has 2 atom stereocenters. The van der Waals surface area contributed by atoms with Gasteiger partial charge in [-0.1, -0.05) is 132 Å². The van der Waals surface area contributed by atoms with Crippen LogP contribution in [-0.2, 0) is 28.6 Å². The van der Waals surface area contributed by atoms with Crippen LogP contribution in [0.15, 0.2) is 72.9 Å². The van der Waals surface area contributed by atoms with E-state index in [4.69, 9.17) is 14.2 Å². The van der Waals surface area contributed by atoms with E-state index < -0.39 is 18.1 Å². The summed E-state index contributed by atoms with van der Waals surface area (Å²) < 4.78 is 17.1. The van der Waals surface area contributed by atoms with Crippen molar-refractivity contribution in [1.82, 2.24) is 0 Å². The fraction of sp³-hybridized carbons (Fsp3) is 0.667. The largest absolute Gasteiger partial charge is 0.544 e. The van der Waals surface area contributed by atoms with E-state index in [1.54, 1.807) is 21.1 Å². The first-order valence-electron chi connectivity index (χ1n) is 20.5. The van der Waals surface area contributed by atoms with Crippen LogP contribution < -0.4 is 5.11 Å². The number of aliphatic carboxylic acids is 1. The Balaban J connectivity index is 4.44. The third kappa shape index (κ3) is 34.3. The molecule has 0 aliphatic rings. The highest BCUT2D eigenvalue weighted by Crippen LogP contribution is 2.13. The Morgan fingerprint density at radius 3 is 1.68 bits per heavy atom. The van der Waals surface area contributed by atoms with Crippen LogP contribution in [0.4, 0.5) is 0 Å². The Labute approximate surface area is 323 Å². The summed E-state index contributed by atoms with van der Waals surface area (Å²) >= 11 is 0. The minimum Gasteiger partial charge on any atom is -0.544 e. The van der Waals surface area contributed by atoms with Gasteiger partial charge in [-0.25, -0.2) is 0 Å². The first kappa shape index (κ1) is 49.8. The lowest BCUT2D eigenvalue weighted by atomic mass is 10.1. The van der Waals surface area contributed by atoms with Gasteiger partial charge < -0.3 is 28.6 Å². The number of nitrogens with zero attached hydrogens (tertiary/aromatic N) is 1. The third-order valence-corrected chi connectivity index (χ3v) is 8.65. The van der Waals surface area contributed by atoms with Gasteiger partial charge in [0.15, 0.2) is 6.10 Å². The van der Waals surface area contributed by atoms with Gasteiger partial charge in [-0.2, -0.15) is 0 Å². The predicted molar refractivity (Wildman–Crippen MR) is 217 cm³/mol. The number of carboxylic acids is 1. The van der Waals surface area contributed by atoms with Crippen molar-refractivity contribution in [2.24, 2.45) is 0 Å². The molecule has 302 valence electrons. The first-order chi connectivity index (χ1) is 25.6. The summed E-state index contributed by atoms with van der Waals surface area (Å²) in [6, 6.07) is -0.734. The number of carbonyl (C=O) groups excluding carboxylic acids is 3. The summed E-state index contributed by atoms with van der Waals surface area (Å²) in [6.45, 7) is 4.36. The van der Waals surface area contributed by atoms with E-state index in [1.807, 2.05) is 12.2 Å². The molecule has 0 aliphatic heterocycles. The standard InChI is InChI=1S/C45H75NO7/c1-6-8-10-12-14-16-18-20-21-22-24-25-27-29-31-33-35-43(47)52-40-41(39-51-38-37-42(45(49)50)46(3,4)5)53-44(48)36-34-32-30-28-26-23-19-17-15-13-11-9-7-2/h8-11,13-17,19-21,41-42H,6-7,12,18,22-40H2,1-5H3/b10-8+,11-9+,15-13+,16-14+,19-17+,21-20+. The zero-order valence-corrected chi connectivity index (χ0v) is 34.2. The van der Waals surface area contributed by atoms with Crippen LogP contribution in [0.5, 0.6) is 0 Å². The van der Waals surface area contributed by atoms with E-state index in [2.05, 4.69) is 74.6 Å². The smallest absolute Gasteiger partial charge is 0.306 e. The van der Waals surface area contributed by atoms with Gasteiger partial charge in [0, 0.05) is 19.3 Å². The molecule has 0 aromatic carbocycles. The number of hydrogen-bond acceptors (Lipinski definition) is 7. The molecule has 0 saturated heterocycles. The molecule has 0 amide bonds. The number of esters is 2. The van der Waals surface area contributed by atoms with Crippen LogP contribution >= 0.6 is 0 Å². The van der Waals surface area contributed by atoms with Crippen LogP contribution in [0.2, 0.25) is 0 Å². The maximum absolute atomic E-state index is 12.7. The van der Waals surface area contributed by atoms with Crippen molar-refractivity contribution in [2.45, 2.75) is 154 Å². The monoisotopic (exact) mass is 742 g/mol. The minimum absolute atomic E-state index is 0.0239. The van der Waals surface area contributed by atoms with E-state index >= 15 is 0 Å². The molecule has 0 aliphatic carbocycles. The molecule has 0 N–H and O–H groups in total. The maximum atomic E-state index is 12.7. The van der Waals surface area contributed by atoms with Gasteiger partial charge in [-0.3, -0.25) is 9.59 Å². The molecule has 0 saturated carbocycles. The molecule has 0 heterocycles. The molecule has 0 radical (unpaired) electrons. The van der Waals surface area contributed by atoms with Gasteiger partial charge in [0.2, 0.25) is 0 Å². The summed E-state index contributed by atoms with van der Waals surface area (Å²) in [5.74, 6) is -1.79. The number of likely N-dealkylation sites (N-methyl/N-ethyl adjacent to an activating group) is 1. The summed E-state index contributed by atoms with van der Waals surface area (Å²) in [7, 11) is 5.38. The Bertz CT molecular complexity index is 1100. The van der Waals surface area contributed by atoms with Crippen molar-refractivity contribution in [2.75, 3.05) is 41.0 Å². The van der Waals surface area contributed by atoms with E-state index in [-0.39, 0.29) is 42.7 Å². The molecular weight excluding hydrogens is 666 g/mol. The lowest BCUT2D eigenvalue weighted by Crippen LogP contribution is -2.55. The summed E-state index contributed by atoms with van der Waals surface area (Å²) in [5.41, 5.74) is 0. The van der Waals surface area contributed by atoms with Crippen LogP contribution in [0.3, 0.4) is 0 Å². The number of rotatable bonds is 35. The zero-order valence-electron chi connectivity index (χ0n) is 34.2. The molecule has 0 fully saturated rings. The Morgan fingerprint density at radius 2 is 1.09 bits per heavy atom. The SMILES string of the molecule is CC/C=C/C=C/C=C/CCCCCCCC(=O)OC(COCCC(C(=O)[O-])[N+](C)(C)C)COC(=O)CCCCCCCC/C=C/C/C=C/C/C=C/CC. The van der Waals surface area contributed by atoms with Crippen molar-refractivity contribution < 1.29 is 38.2 Å². The molecular formula is C45H75NO7. The second kappa shape index (κ2) is 35.8. The summed E-state index contributed by atoms with van der Waals surface area (Å²) in [4.78, 5) is 36.8. The van der Waals surface area contributed by atoms with Crippen molar-refractivity contribution >= 4 is 17.9 Å². The minimum atomic E-state index is -1.13. The number of carbonyl (C=O) groups is 3. The van der Waals surface area contributed by atoms with E-state index in [0.29, 0.717) is 12.8 Å². The van der Waals surface area contributed by atoms with Crippen LogP contribution in [0.25, 0.3) is 0 Å². The number of allylic oxidation sites excluding steroid dienone is 12. The molecule has 0 rings (SSSR count). The van der Waals surface area contributed by atoms with Gasteiger partial charge in [0.1, 0.15) is 12.6 Å². The highest BCUT2D eigenvalue weighted by atomic mass is 16.6. The highest BCUT2D eigenvalue weighted by molar-refractivity contribution is 5.70. The van der Waals surface area contributed by atoms with Crippen molar-refractivity contribution in [1.29, 1.82) is 0 Å². The second-order valence-electron chi connectivity index (χ2n) is 14.5. The van der Waals surface area contributed by atoms with Gasteiger partial charge in [-0.05, 0) is 64.2 Å². The molecule has 8 heteroatoms. The fourth-order valence-electron chi connectivity index (χ4n) is 5.49. The second-order valence-corrected chi connectivity index (χ2v) is 14.5. The number of quaternary nitrogens is 1. The van der Waals surface area contributed by atoms with Crippen molar-refractivity contribution in [3.05, 3.63) is 72.9 Å². The predicted octanol–water partition coefficient (Wildman–Crippen LogP) is 9.46. The molecule has 0 bridgehead atoms. The van der Waals surface area contributed by atoms with Crippen molar-refractivity contribution in [3.8, 4) is 0 Å². The number of ether oxygens (including phenoxy) is 3. The molecule has 8 nitrogen and oxygen atoms in total. The van der Waals surface area contributed by atoms with Gasteiger partial charge in [0.25, 0.3) is 0 Å². The van der Waals surface area contributed by atoms with E-state index in [1.165, 1.54) is 12.8 Å². The van der Waals surface area contributed by atoms with Gasteiger partial charge in [0.05, 0.1) is 40.3 Å². The van der Waals surface area contributed by atoms with Crippen LogP contribution in [0, 0.1) is 0 Å². The zero-order chi connectivity index (χ0) is 39.3. The molecule has 0 aromatic heterocycles. The van der Waals surface area contributed by atoms with Gasteiger partial charge in [-0.15, -0.1) is 0 Å². The highest BCUT2D eigenvalue weighted by Gasteiger charge is 2.25.